The Bertz CT molecular complexity index is 838. The minimum absolute atomic E-state index is 0.0525. The van der Waals surface area contributed by atoms with Gasteiger partial charge in [0.05, 0.1) is 17.9 Å². The third-order valence-corrected chi connectivity index (χ3v) is 4.52. The number of rotatable bonds is 7. The van der Waals surface area contributed by atoms with Gasteiger partial charge in [-0.1, -0.05) is 24.3 Å². The number of aryl methyl sites for hydroxylation is 1. The summed E-state index contributed by atoms with van der Waals surface area (Å²) in [4.78, 5) is 27.1. The predicted molar refractivity (Wildman–Crippen MR) is 94.8 cm³/mol. The molecule has 0 bridgehead atoms. The van der Waals surface area contributed by atoms with Crippen molar-refractivity contribution >= 4 is 11.7 Å². The number of benzene rings is 1. The molecular formula is C20H21NO5. The molecule has 1 aromatic carbocycles. The van der Waals surface area contributed by atoms with Crippen molar-refractivity contribution in [3.8, 4) is 0 Å². The van der Waals surface area contributed by atoms with Gasteiger partial charge in [0.1, 0.15) is 0 Å². The highest BCUT2D eigenvalue weighted by atomic mass is 16.5. The van der Waals surface area contributed by atoms with Crippen LogP contribution in [0.4, 0.5) is 0 Å². The highest BCUT2D eigenvalue weighted by Gasteiger charge is 2.44. The van der Waals surface area contributed by atoms with Crippen LogP contribution in [-0.4, -0.2) is 42.0 Å². The second kappa shape index (κ2) is 7.58. The van der Waals surface area contributed by atoms with Gasteiger partial charge in [-0.05, 0) is 36.6 Å². The second-order valence-corrected chi connectivity index (χ2v) is 6.17. The van der Waals surface area contributed by atoms with E-state index in [9.17, 15) is 14.7 Å². The van der Waals surface area contributed by atoms with E-state index in [-0.39, 0.29) is 11.3 Å². The Morgan fingerprint density at radius 2 is 2.04 bits per heavy atom. The number of aliphatic hydroxyl groups excluding tert-OH is 1. The highest BCUT2D eigenvalue weighted by molar-refractivity contribution is 6.15. The Kier molecular flexibility index (Phi) is 5.23. The molecule has 1 atom stereocenters. The molecule has 1 amide bonds. The molecular weight excluding hydrogens is 334 g/mol. The van der Waals surface area contributed by atoms with Crippen LogP contribution in [0.1, 0.15) is 34.1 Å². The molecule has 0 aliphatic carbocycles. The minimum Gasteiger partial charge on any atom is -0.503 e. The summed E-state index contributed by atoms with van der Waals surface area (Å²) in [5, 5.41) is 10.5. The number of amides is 1. The Labute approximate surface area is 151 Å². The van der Waals surface area contributed by atoms with Gasteiger partial charge >= 0.3 is 0 Å². The number of ketones is 1. The first-order valence-electron chi connectivity index (χ1n) is 8.43. The van der Waals surface area contributed by atoms with E-state index in [4.69, 9.17) is 9.15 Å². The molecule has 0 saturated heterocycles. The van der Waals surface area contributed by atoms with Crippen LogP contribution in [0.15, 0.2) is 58.4 Å². The van der Waals surface area contributed by atoms with Crippen LogP contribution in [0.2, 0.25) is 0 Å². The fraction of sp³-hybridized carbons (Fsp3) is 0.300. The lowest BCUT2D eigenvalue weighted by Gasteiger charge is -2.27. The lowest BCUT2D eigenvalue weighted by atomic mass is 9.92. The minimum atomic E-state index is -0.654. The summed E-state index contributed by atoms with van der Waals surface area (Å²) in [6.07, 6.45) is 1.99. The average molecular weight is 355 g/mol. The zero-order chi connectivity index (χ0) is 18.7. The maximum absolute atomic E-state index is 12.9. The number of carbonyl (C=O) groups is 2. The van der Waals surface area contributed by atoms with E-state index < -0.39 is 23.5 Å². The van der Waals surface area contributed by atoms with Gasteiger partial charge < -0.3 is 19.2 Å². The number of aliphatic hydroxyl groups is 1. The highest BCUT2D eigenvalue weighted by Crippen LogP contribution is 2.40. The summed E-state index contributed by atoms with van der Waals surface area (Å²) in [6.45, 7) is 2.76. The van der Waals surface area contributed by atoms with Crippen molar-refractivity contribution in [1.82, 2.24) is 4.90 Å². The number of hydrogen-bond acceptors (Lipinski definition) is 5. The molecule has 3 rings (SSSR count). The van der Waals surface area contributed by atoms with Crippen LogP contribution in [0.3, 0.4) is 0 Å². The summed E-state index contributed by atoms with van der Waals surface area (Å²) >= 11 is 0. The normalized spacial score (nSPS) is 17.2. The van der Waals surface area contributed by atoms with Gasteiger partial charge in [0, 0.05) is 20.3 Å². The Morgan fingerprint density at radius 3 is 2.69 bits per heavy atom. The topological polar surface area (TPSA) is 80.0 Å². The number of hydrogen-bond donors (Lipinski definition) is 1. The monoisotopic (exact) mass is 355 g/mol. The molecule has 0 spiro atoms. The fourth-order valence-corrected chi connectivity index (χ4v) is 3.25. The van der Waals surface area contributed by atoms with Crippen LogP contribution >= 0.6 is 0 Å². The maximum atomic E-state index is 12.9. The van der Waals surface area contributed by atoms with Crippen molar-refractivity contribution in [3.63, 3.8) is 0 Å². The Balaban J connectivity index is 2.05. The van der Waals surface area contributed by atoms with E-state index in [0.717, 1.165) is 11.1 Å². The Morgan fingerprint density at radius 1 is 1.27 bits per heavy atom. The van der Waals surface area contributed by atoms with Gasteiger partial charge in [0.2, 0.25) is 5.78 Å². The first-order chi connectivity index (χ1) is 12.6. The van der Waals surface area contributed by atoms with E-state index in [1.54, 1.807) is 13.2 Å². The number of Topliss-reactive ketones (excluding diaryl/α,β-unsaturated/α-hetero) is 1. The van der Waals surface area contributed by atoms with Crippen molar-refractivity contribution in [2.75, 3.05) is 20.3 Å². The summed E-state index contributed by atoms with van der Waals surface area (Å²) in [7, 11) is 1.59. The van der Waals surface area contributed by atoms with Crippen molar-refractivity contribution in [1.29, 1.82) is 0 Å². The van der Waals surface area contributed by atoms with Gasteiger partial charge in [-0.15, -0.1) is 0 Å². The van der Waals surface area contributed by atoms with E-state index in [2.05, 4.69) is 0 Å². The van der Waals surface area contributed by atoms with Crippen LogP contribution in [0.25, 0.3) is 0 Å². The molecule has 26 heavy (non-hydrogen) atoms. The molecule has 1 aromatic heterocycles. The molecule has 0 radical (unpaired) electrons. The number of nitrogens with zero attached hydrogens (tertiary/aromatic N) is 1. The van der Waals surface area contributed by atoms with Crippen LogP contribution < -0.4 is 0 Å². The van der Waals surface area contributed by atoms with Crippen LogP contribution in [0.5, 0.6) is 0 Å². The maximum Gasteiger partial charge on any atom is 0.290 e. The zero-order valence-corrected chi connectivity index (χ0v) is 14.8. The summed E-state index contributed by atoms with van der Waals surface area (Å²) in [5.41, 5.74) is 1.79. The van der Waals surface area contributed by atoms with Crippen LogP contribution in [0, 0.1) is 6.92 Å². The molecule has 1 aliphatic rings. The zero-order valence-electron chi connectivity index (χ0n) is 14.8. The quantitative estimate of drug-likeness (QED) is 0.609. The number of furan rings is 1. The largest absolute Gasteiger partial charge is 0.503 e. The van der Waals surface area contributed by atoms with Crippen molar-refractivity contribution < 1.29 is 23.8 Å². The van der Waals surface area contributed by atoms with Crippen molar-refractivity contribution in [3.05, 3.63) is 70.9 Å². The molecule has 1 unspecified atom stereocenters. The van der Waals surface area contributed by atoms with E-state index >= 15 is 0 Å². The smallest absolute Gasteiger partial charge is 0.290 e. The van der Waals surface area contributed by atoms with Crippen molar-refractivity contribution in [2.24, 2.45) is 0 Å². The third-order valence-electron chi connectivity index (χ3n) is 4.52. The number of methoxy groups -OCH3 is 1. The molecule has 136 valence electrons. The molecule has 2 aromatic rings. The first-order valence-corrected chi connectivity index (χ1v) is 8.43. The Hall–Kier alpha value is -2.86. The third kappa shape index (κ3) is 3.15. The molecule has 0 fully saturated rings. The van der Waals surface area contributed by atoms with Gasteiger partial charge in [0.25, 0.3) is 5.91 Å². The molecule has 1 N–H and O–H groups in total. The summed E-state index contributed by atoms with van der Waals surface area (Å²) in [5.74, 6) is -1.46. The molecule has 2 heterocycles. The molecule has 1 aliphatic heterocycles. The van der Waals surface area contributed by atoms with E-state index in [1.165, 1.54) is 17.2 Å². The lowest BCUT2D eigenvalue weighted by Crippen LogP contribution is -2.33. The van der Waals surface area contributed by atoms with Gasteiger partial charge in [-0.25, -0.2) is 0 Å². The number of ether oxygens (including phenoxy) is 1. The molecule has 6 heteroatoms. The van der Waals surface area contributed by atoms with Crippen molar-refractivity contribution in [2.45, 2.75) is 19.4 Å². The SMILES string of the molecule is COCCCN1C(=O)C(O)=C(C(=O)c2ccco2)C1c1ccccc1C. The predicted octanol–water partition coefficient (Wildman–Crippen LogP) is 3.20. The van der Waals surface area contributed by atoms with Crippen LogP contribution in [-0.2, 0) is 9.53 Å². The van der Waals surface area contributed by atoms with Gasteiger partial charge in [0.15, 0.2) is 11.5 Å². The summed E-state index contributed by atoms with van der Waals surface area (Å²) < 4.78 is 10.3. The standard InChI is InChI=1S/C20H21NO5/c1-13-7-3-4-8-14(13)17-16(18(22)15-9-5-12-26-15)19(23)20(24)21(17)10-6-11-25-2/h3-5,7-9,12,17,23H,6,10-11H2,1-2H3. The van der Waals surface area contributed by atoms with Gasteiger partial charge in [-0.3, -0.25) is 9.59 Å². The number of carbonyl (C=O) groups excluding carboxylic acids is 2. The molecule has 6 nitrogen and oxygen atoms in total. The summed E-state index contributed by atoms with van der Waals surface area (Å²) in [6, 6.07) is 9.99. The average Bonchev–Trinajstić information content (AvgIpc) is 3.25. The second-order valence-electron chi connectivity index (χ2n) is 6.17. The van der Waals surface area contributed by atoms with E-state index in [1.807, 2.05) is 31.2 Å². The first kappa shape index (κ1) is 17.9. The fourth-order valence-electron chi connectivity index (χ4n) is 3.25. The molecule has 0 saturated carbocycles. The van der Waals surface area contributed by atoms with E-state index in [0.29, 0.717) is 19.6 Å². The van der Waals surface area contributed by atoms with Gasteiger partial charge in [-0.2, -0.15) is 0 Å². The lowest BCUT2D eigenvalue weighted by molar-refractivity contribution is -0.129.